The normalized spacial score (nSPS) is 9.93. The van der Waals surface area contributed by atoms with Crippen LogP contribution in [0.1, 0.15) is 9.67 Å². The molecule has 0 bridgehead atoms. The molecule has 0 aliphatic rings. The van der Waals surface area contributed by atoms with E-state index in [1.807, 2.05) is 0 Å². The van der Waals surface area contributed by atoms with Gasteiger partial charge in [0.2, 0.25) is 5.95 Å². The Kier molecular flexibility index (Phi) is 2.68. The van der Waals surface area contributed by atoms with Crippen LogP contribution in [0.4, 0.5) is 10.1 Å². The van der Waals surface area contributed by atoms with Gasteiger partial charge in [-0.15, -0.1) is 11.3 Å². The van der Waals surface area contributed by atoms with Crippen molar-refractivity contribution in [1.82, 2.24) is 9.97 Å². The quantitative estimate of drug-likeness (QED) is 0.791. The molecule has 0 saturated heterocycles. The van der Waals surface area contributed by atoms with E-state index >= 15 is 0 Å². The molecule has 0 fully saturated rings. The summed E-state index contributed by atoms with van der Waals surface area (Å²) in [6.45, 7) is 0. The molecule has 0 atom stereocenters. The van der Waals surface area contributed by atoms with E-state index < -0.39 is 5.95 Å². The van der Waals surface area contributed by atoms with Gasteiger partial charge in [0.1, 0.15) is 4.88 Å². The van der Waals surface area contributed by atoms with Crippen LogP contribution in [0.5, 0.6) is 0 Å². The molecule has 2 aromatic heterocycles. The van der Waals surface area contributed by atoms with Gasteiger partial charge in [-0.3, -0.25) is 9.78 Å². The molecule has 2 heterocycles. The predicted octanol–water partition coefficient (Wildman–Crippen LogP) is 1.93. The van der Waals surface area contributed by atoms with Gasteiger partial charge in [-0.2, -0.15) is 4.39 Å². The fourth-order valence-corrected chi connectivity index (χ4v) is 1.49. The molecule has 1 amide bonds. The molecule has 15 heavy (non-hydrogen) atoms. The predicted molar refractivity (Wildman–Crippen MR) is 54.3 cm³/mol. The van der Waals surface area contributed by atoms with Gasteiger partial charge in [-0.25, -0.2) is 4.98 Å². The Bertz CT molecular complexity index is 455. The minimum absolute atomic E-state index is 0.272. The Hall–Kier alpha value is -1.82. The van der Waals surface area contributed by atoms with Gasteiger partial charge in [-0.05, 0) is 12.1 Å². The summed E-state index contributed by atoms with van der Waals surface area (Å²) in [5.74, 6) is -0.850. The van der Waals surface area contributed by atoms with Gasteiger partial charge in [0.05, 0.1) is 23.6 Å². The highest BCUT2D eigenvalue weighted by atomic mass is 32.1. The second-order valence-corrected chi connectivity index (χ2v) is 3.58. The van der Waals surface area contributed by atoms with Crippen LogP contribution in [0.15, 0.2) is 30.0 Å². The lowest BCUT2D eigenvalue weighted by molar-refractivity contribution is 0.103. The largest absolute Gasteiger partial charge is 0.320 e. The molecule has 4 nitrogen and oxygen atoms in total. The summed E-state index contributed by atoms with van der Waals surface area (Å²) >= 11 is 1.24. The third-order valence-corrected chi connectivity index (χ3v) is 2.41. The highest BCUT2D eigenvalue weighted by Gasteiger charge is 2.07. The van der Waals surface area contributed by atoms with Crippen molar-refractivity contribution in [3.8, 4) is 0 Å². The molecule has 0 spiro atoms. The second-order valence-electron chi connectivity index (χ2n) is 2.69. The van der Waals surface area contributed by atoms with Crippen molar-refractivity contribution in [2.75, 3.05) is 5.32 Å². The summed E-state index contributed by atoms with van der Waals surface area (Å²) in [5, 5.41) is 2.57. The van der Waals surface area contributed by atoms with E-state index in [1.165, 1.54) is 35.9 Å². The number of carbonyl (C=O) groups is 1. The topological polar surface area (TPSA) is 54.9 Å². The molecule has 0 radical (unpaired) electrons. The van der Waals surface area contributed by atoms with Crippen molar-refractivity contribution in [1.29, 1.82) is 0 Å². The molecule has 0 aromatic carbocycles. The van der Waals surface area contributed by atoms with E-state index in [4.69, 9.17) is 0 Å². The number of anilines is 1. The maximum atomic E-state index is 12.5. The zero-order valence-electron chi connectivity index (χ0n) is 7.48. The lowest BCUT2D eigenvalue weighted by atomic mass is 10.4. The Morgan fingerprint density at radius 1 is 1.40 bits per heavy atom. The molecular weight excluding hydrogens is 217 g/mol. The number of nitrogens with one attached hydrogen (secondary N) is 1. The lowest BCUT2D eigenvalue weighted by Gasteiger charge is -2.01. The number of pyridine rings is 1. The Morgan fingerprint density at radius 3 is 2.87 bits per heavy atom. The minimum Gasteiger partial charge on any atom is -0.320 e. The first kappa shape index (κ1) is 9.72. The Morgan fingerprint density at radius 2 is 2.27 bits per heavy atom. The minimum atomic E-state index is -0.578. The number of nitrogens with zero attached hydrogens (tertiary/aromatic N) is 2. The van der Waals surface area contributed by atoms with Crippen molar-refractivity contribution in [3.63, 3.8) is 0 Å². The average Bonchev–Trinajstić information content (AvgIpc) is 2.74. The summed E-state index contributed by atoms with van der Waals surface area (Å²) < 4.78 is 12.5. The van der Waals surface area contributed by atoms with Gasteiger partial charge >= 0.3 is 0 Å². The number of rotatable bonds is 2. The van der Waals surface area contributed by atoms with E-state index in [2.05, 4.69) is 15.3 Å². The van der Waals surface area contributed by atoms with Crippen molar-refractivity contribution in [2.24, 2.45) is 0 Å². The van der Waals surface area contributed by atoms with Crippen LogP contribution >= 0.6 is 11.3 Å². The van der Waals surface area contributed by atoms with Gasteiger partial charge in [-0.1, -0.05) is 0 Å². The van der Waals surface area contributed by atoms with E-state index in [0.29, 0.717) is 10.6 Å². The van der Waals surface area contributed by atoms with Crippen molar-refractivity contribution in [3.05, 3.63) is 40.9 Å². The van der Waals surface area contributed by atoms with Crippen molar-refractivity contribution >= 4 is 22.9 Å². The first-order chi connectivity index (χ1) is 7.25. The highest BCUT2D eigenvalue weighted by molar-refractivity contribution is 7.11. The number of thiazole rings is 1. The fourth-order valence-electron chi connectivity index (χ4n) is 0.970. The van der Waals surface area contributed by atoms with Crippen LogP contribution in [-0.4, -0.2) is 15.9 Å². The summed E-state index contributed by atoms with van der Waals surface area (Å²) in [6.07, 6.45) is 2.73. The smallest absolute Gasteiger partial charge is 0.267 e. The number of hydrogen-bond donors (Lipinski definition) is 1. The number of halogens is 1. The van der Waals surface area contributed by atoms with E-state index in [-0.39, 0.29) is 5.91 Å². The summed E-state index contributed by atoms with van der Waals surface area (Å²) in [7, 11) is 0. The summed E-state index contributed by atoms with van der Waals surface area (Å²) in [5.41, 5.74) is 2.02. The first-order valence-corrected chi connectivity index (χ1v) is 4.95. The number of aromatic nitrogens is 2. The lowest BCUT2D eigenvalue weighted by Crippen LogP contribution is -2.10. The van der Waals surface area contributed by atoms with E-state index in [9.17, 15) is 9.18 Å². The van der Waals surface area contributed by atoms with Crippen LogP contribution in [-0.2, 0) is 0 Å². The molecular formula is C9H6FN3OS. The third kappa shape index (κ3) is 2.35. The van der Waals surface area contributed by atoms with Crippen LogP contribution in [0.25, 0.3) is 0 Å². The molecule has 76 valence electrons. The van der Waals surface area contributed by atoms with Crippen molar-refractivity contribution < 1.29 is 9.18 Å². The molecule has 0 aliphatic carbocycles. The Labute approximate surface area is 88.8 Å². The van der Waals surface area contributed by atoms with Crippen molar-refractivity contribution in [2.45, 2.75) is 0 Å². The number of hydrogen-bond acceptors (Lipinski definition) is 4. The molecule has 6 heteroatoms. The number of carbonyl (C=O) groups excluding carboxylic acids is 1. The Balaban J connectivity index is 2.09. The standard InChI is InChI=1S/C9H6FN3OS/c10-8-2-1-6(3-12-8)13-9(14)7-4-11-5-15-7/h1-5H,(H,13,14). The van der Waals surface area contributed by atoms with Crippen LogP contribution in [0.2, 0.25) is 0 Å². The summed E-state index contributed by atoms with van der Waals surface area (Å²) in [4.78, 5) is 19.2. The molecule has 0 aliphatic heterocycles. The summed E-state index contributed by atoms with van der Waals surface area (Å²) in [6, 6.07) is 2.63. The number of amides is 1. The first-order valence-electron chi connectivity index (χ1n) is 4.07. The highest BCUT2D eigenvalue weighted by Crippen LogP contribution is 2.10. The van der Waals surface area contributed by atoms with E-state index in [1.54, 1.807) is 5.51 Å². The fraction of sp³-hybridized carbons (Fsp3) is 0. The average molecular weight is 223 g/mol. The maximum absolute atomic E-state index is 12.5. The van der Waals surface area contributed by atoms with Gasteiger partial charge in [0.15, 0.2) is 0 Å². The van der Waals surface area contributed by atoms with Crippen LogP contribution in [0, 0.1) is 5.95 Å². The molecule has 2 aromatic rings. The van der Waals surface area contributed by atoms with Gasteiger partial charge < -0.3 is 5.32 Å². The molecule has 0 unspecified atom stereocenters. The van der Waals surface area contributed by atoms with Crippen LogP contribution in [0.3, 0.4) is 0 Å². The third-order valence-electron chi connectivity index (χ3n) is 1.64. The maximum Gasteiger partial charge on any atom is 0.267 e. The SMILES string of the molecule is O=C(Nc1ccc(F)nc1)c1cncs1. The van der Waals surface area contributed by atoms with E-state index in [0.717, 1.165) is 0 Å². The van der Waals surface area contributed by atoms with Gasteiger partial charge in [0.25, 0.3) is 5.91 Å². The van der Waals surface area contributed by atoms with Crippen LogP contribution < -0.4 is 5.32 Å². The zero-order valence-corrected chi connectivity index (χ0v) is 8.29. The second kappa shape index (κ2) is 4.14. The van der Waals surface area contributed by atoms with Gasteiger partial charge in [0, 0.05) is 0 Å². The molecule has 1 N–H and O–H groups in total. The molecule has 0 saturated carbocycles. The zero-order chi connectivity index (χ0) is 10.7. The monoisotopic (exact) mass is 223 g/mol. The molecule has 2 rings (SSSR count).